The maximum Gasteiger partial charge on any atom is 0.407 e. The highest BCUT2D eigenvalue weighted by molar-refractivity contribution is 7.90. The Morgan fingerprint density at radius 2 is 1.94 bits per heavy atom. The minimum atomic E-state index is -3.39. The third-order valence-corrected chi connectivity index (χ3v) is 7.21. The number of nitrogens with zero attached hydrogens (tertiary/aromatic N) is 2. The number of rotatable bonds is 5. The lowest BCUT2D eigenvalue weighted by Crippen LogP contribution is -2.55. The number of anilines is 1. The maximum atomic E-state index is 12.6. The van der Waals surface area contributed by atoms with E-state index in [-0.39, 0.29) is 39.8 Å². The van der Waals surface area contributed by atoms with Crippen LogP contribution in [0, 0.1) is 0 Å². The molecule has 11 nitrogen and oxygen atoms in total. The van der Waals surface area contributed by atoms with Crippen molar-refractivity contribution in [1.29, 1.82) is 0 Å². The van der Waals surface area contributed by atoms with Gasteiger partial charge in [0.05, 0.1) is 38.8 Å². The van der Waals surface area contributed by atoms with Crippen LogP contribution in [0.1, 0.15) is 10.4 Å². The lowest BCUT2D eigenvalue weighted by atomic mass is 10.1. The minimum absolute atomic E-state index is 0.00850. The van der Waals surface area contributed by atoms with Crippen molar-refractivity contribution in [1.82, 2.24) is 15.2 Å². The predicted octanol–water partition coefficient (Wildman–Crippen LogP) is 3.06. The van der Waals surface area contributed by atoms with Gasteiger partial charge in [0.15, 0.2) is 15.0 Å². The molecule has 0 radical (unpaired) electrons. The topological polar surface area (TPSA) is 155 Å². The van der Waals surface area contributed by atoms with Gasteiger partial charge in [-0.3, -0.25) is 15.4 Å². The van der Waals surface area contributed by atoms with Crippen LogP contribution in [0.4, 0.5) is 14.7 Å². The van der Waals surface area contributed by atoms with Crippen LogP contribution < -0.4 is 15.4 Å². The second kappa shape index (κ2) is 9.08. The second-order valence-corrected chi connectivity index (χ2v) is 10.9. The van der Waals surface area contributed by atoms with Gasteiger partial charge in [-0.25, -0.2) is 23.0 Å². The van der Waals surface area contributed by atoms with E-state index in [0.717, 1.165) is 17.6 Å². The Labute approximate surface area is 202 Å². The molecule has 0 unspecified atom stereocenters. The summed E-state index contributed by atoms with van der Waals surface area (Å²) in [6.07, 6.45) is -0.292. The first-order valence-electron chi connectivity index (χ1n) is 9.66. The number of ether oxygens (including phenoxy) is 1. The van der Waals surface area contributed by atoms with Crippen molar-refractivity contribution in [2.45, 2.75) is 11.0 Å². The van der Waals surface area contributed by atoms with Crippen LogP contribution in [0.5, 0.6) is 5.75 Å². The summed E-state index contributed by atoms with van der Waals surface area (Å²) >= 11 is 7.15. The largest absolute Gasteiger partial charge is 0.487 e. The van der Waals surface area contributed by atoms with E-state index >= 15 is 0 Å². The van der Waals surface area contributed by atoms with E-state index in [0.29, 0.717) is 16.0 Å². The Morgan fingerprint density at radius 3 is 2.62 bits per heavy atom. The number of benzene rings is 2. The molecule has 2 aromatic carbocycles. The highest BCUT2D eigenvalue weighted by Gasteiger charge is 2.32. The predicted molar refractivity (Wildman–Crippen MR) is 125 cm³/mol. The Kier molecular flexibility index (Phi) is 6.34. The Balaban J connectivity index is 1.40. The molecule has 1 aliphatic rings. The first kappa shape index (κ1) is 23.7. The maximum absolute atomic E-state index is 12.6. The fraction of sp³-hybridized carbons (Fsp3) is 0.200. The van der Waals surface area contributed by atoms with Crippen LogP contribution in [0.25, 0.3) is 10.2 Å². The smallest absolute Gasteiger partial charge is 0.407 e. The molecule has 0 spiro atoms. The molecule has 0 bridgehead atoms. The minimum Gasteiger partial charge on any atom is -0.487 e. The molecule has 34 heavy (non-hydrogen) atoms. The number of urea groups is 1. The molecule has 1 aliphatic heterocycles. The van der Waals surface area contributed by atoms with E-state index in [1.807, 2.05) is 0 Å². The van der Waals surface area contributed by atoms with Crippen LogP contribution in [-0.2, 0) is 9.84 Å². The molecule has 0 aliphatic carbocycles. The van der Waals surface area contributed by atoms with Gasteiger partial charge in [0, 0.05) is 6.26 Å². The van der Waals surface area contributed by atoms with E-state index in [1.165, 1.54) is 41.3 Å². The van der Waals surface area contributed by atoms with Crippen molar-refractivity contribution in [2.75, 3.05) is 24.7 Å². The SMILES string of the molecule is CS(=O)(=O)c1ccc2nc(NC(=O)NC(=O)c3cc(OC4CN(C(=O)O)C4)ccc3Cl)sc2c1. The summed E-state index contributed by atoms with van der Waals surface area (Å²) < 4.78 is 29.6. The molecule has 178 valence electrons. The highest BCUT2D eigenvalue weighted by atomic mass is 35.5. The number of carbonyl (C=O) groups is 3. The summed E-state index contributed by atoms with van der Waals surface area (Å²) in [7, 11) is -3.39. The Hall–Kier alpha value is -3.42. The summed E-state index contributed by atoms with van der Waals surface area (Å²) in [4.78, 5) is 41.3. The molecule has 1 saturated heterocycles. The summed E-state index contributed by atoms with van der Waals surface area (Å²) in [5.41, 5.74) is 0.482. The molecule has 1 aromatic heterocycles. The molecule has 14 heteroatoms. The lowest BCUT2D eigenvalue weighted by Gasteiger charge is -2.36. The van der Waals surface area contributed by atoms with Gasteiger partial charge in [0.2, 0.25) is 0 Å². The summed E-state index contributed by atoms with van der Waals surface area (Å²) in [6.45, 7) is 0.408. The third kappa shape index (κ3) is 5.21. The van der Waals surface area contributed by atoms with Gasteiger partial charge in [0.1, 0.15) is 11.9 Å². The number of amides is 4. The fourth-order valence-corrected chi connectivity index (χ4v) is 4.93. The number of carbonyl (C=O) groups excluding carboxylic acids is 2. The quantitative estimate of drug-likeness (QED) is 0.460. The Bertz CT molecular complexity index is 1420. The van der Waals surface area contributed by atoms with Crippen LogP contribution in [0.3, 0.4) is 0 Å². The van der Waals surface area contributed by atoms with E-state index in [4.69, 9.17) is 21.4 Å². The number of nitrogens with one attached hydrogen (secondary N) is 2. The number of aromatic nitrogens is 1. The third-order valence-electron chi connectivity index (χ3n) is 4.84. The van der Waals surface area contributed by atoms with Crippen LogP contribution in [-0.4, -0.2) is 66.9 Å². The number of fused-ring (bicyclic) bond motifs is 1. The van der Waals surface area contributed by atoms with E-state index < -0.39 is 27.9 Å². The standard InChI is InChI=1S/C20H17ClN4O7S2/c1-34(30,31)12-3-5-15-16(7-12)33-19(22-15)24-18(27)23-17(26)13-6-10(2-4-14(13)21)32-11-8-25(9-11)20(28)29/h2-7,11H,8-9H2,1H3,(H,28,29)(H2,22,23,24,26,27). The van der Waals surface area contributed by atoms with Gasteiger partial charge in [0.25, 0.3) is 5.91 Å². The van der Waals surface area contributed by atoms with E-state index in [1.54, 1.807) is 0 Å². The van der Waals surface area contributed by atoms with Crippen LogP contribution >= 0.6 is 22.9 Å². The number of imide groups is 1. The van der Waals surface area contributed by atoms with Gasteiger partial charge in [-0.2, -0.15) is 0 Å². The van der Waals surface area contributed by atoms with Crippen molar-refractivity contribution >= 4 is 66.2 Å². The molecule has 0 saturated carbocycles. The molecule has 3 N–H and O–H groups in total. The van der Waals surface area contributed by atoms with Crippen molar-refractivity contribution in [3.63, 3.8) is 0 Å². The molecular weight excluding hydrogens is 508 g/mol. The average Bonchev–Trinajstić information content (AvgIpc) is 3.11. The van der Waals surface area contributed by atoms with E-state index in [9.17, 15) is 22.8 Å². The summed E-state index contributed by atoms with van der Waals surface area (Å²) in [5.74, 6) is -0.480. The first-order chi connectivity index (χ1) is 16.0. The number of hydrogen-bond donors (Lipinski definition) is 3. The van der Waals surface area contributed by atoms with Crippen molar-refractivity contribution < 1.29 is 32.6 Å². The zero-order valence-electron chi connectivity index (χ0n) is 17.4. The number of sulfone groups is 1. The Morgan fingerprint density at radius 1 is 1.21 bits per heavy atom. The normalized spacial score (nSPS) is 13.9. The van der Waals surface area contributed by atoms with Crippen LogP contribution in [0.2, 0.25) is 5.02 Å². The molecule has 4 amide bonds. The van der Waals surface area contributed by atoms with Gasteiger partial charge in [-0.15, -0.1) is 0 Å². The van der Waals surface area contributed by atoms with Gasteiger partial charge >= 0.3 is 12.1 Å². The van der Waals surface area contributed by atoms with Gasteiger partial charge in [-0.1, -0.05) is 22.9 Å². The van der Waals surface area contributed by atoms with Crippen molar-refractivity contribution in [3.8, 4) is 5.75 Å². The van der Waals surface area contributed by atoms with E-state index in [2.05, 4.69) is 15.6 Å². The lowest BCUT2D eigenvalue weighted by molar-refractivity contribution is 0.0252. The number of carboxylic acid groups (broad SMARTS) is 1. The zero-order valence-corrected chi connectivity index (χ0v) is 19.8. The van der Waals surface area contributed by atoms with Crippen LogP contribution in [0.15, 0.2) is 41.3 Å². The number of likely N-dealkylation sites (tertiary alicyclic amines) is 1. The molecular formula is C20H17ClN4O7S2. The monoisotopic (exact) mass is 524 g/mol. The summed E-state index contributed by atoms with van der Waals surface area (Å²) in [6, 6.07) is 7.88. The number of halogens is 1. The molecule has 1 fully saturated rings. The first-order valence-corrected chi connectivity index (χ1v) is 12.8. The van der Waals surface area contributed by atoms with Crippen molar-refractivity contribution in [2.24, 2.45) is 0 Å². The molecule has 0 atom stereocenters. The molecule has 2 heterocycles. The van der Waals surface area contributed by atoms with Crippen molar-refractivity contribution in [3.05, 3.63) is 47.0 Å². The second-order valence-electron chi connectivity index (χ2n) is 7.40. The number of thiazole rings is 1. The van der Waals surface area contributed by atoms with Gasteiger partial charge < -0.3 is 14.7 Å². The molecule has 3 aromatic rings. The highest BCUT2D eigenvalue weighted by Crippen LogP contribution is 2.28. The number of hydrogen-bond acceptors (Lipinski definition) is 8. The average molecular weight is 525 g/mol. The van der Waals surface area contributed by atoms with Gasteiger partial charge in [-0.05, 0) is 36.4 Å². The zero-order chi connectivity index (χ0) is 24.6. The fourth-order valence-electron chi connectivity index (χ4n) is 3.10. The summed E-state index contributed by atoms with van der Waals surface area (Å²) in [5, 5.41) is 13.7. The molecule has 4 rings (SSSR count).